The summed E-state index contributed by atoms with van der Waals surface area (Å²) in [5, 5.41) is 0. The van der Waals surface area contributed by atoms with E-state index in [1.165, 1.54) is 11.1 Å². The van der Waals surface area contributed by atoms with Crippen molar-refractivity contribution in [3.63, 3.8) is 0 Å². The van der Waals surface area contributed by atoms with Crippen molar-refractivity contribution in [1.82, 2.24) is 4.98 Å². The summed E-state index contributed by atoms with van der Waals surface area (Å²) in [6, 6.07) is 1.91. The molecule has 0 aliphatic heterocycles. The Hall–Kier alpha value is -0.850. The number of hydrogen-bond acceptors (Lipinski definition) is 1. The zero-order chi connectivity index (χ0) is 6.85. The van der Waals surface area contributed by atoms with Crippen molar-refractivity contribution in [3.8, 4) is 0 Å². The first kappa shape index (κ1) is 6.27. The van der Waals surface area contributed by atoms with Crippen molar-refractivity contribution >= 4 is 0 Å². The minimum absolute atomic E-state index is 1.08. The van der Waals surface area contributed by atoms with Crippen LogP contribution < -0.4 is 0 Å². The minimum atomic E-state index is 1.08. The van der Waals surface area contributed by atoms with Crippen LogP contribution in [0.25, 0.3) is 0 Å². The second-order valence-electron chi connectivity index (χ2n) is 2.28. The van der Waals surface area contributed by atoms with E-state index in [1.807, 2.05) is 13.0 Å². The van der Waals surface area contributed by atoms with Gasteiger partial charge in [-0.15, -0.1) is 0 Å². The van der Waals surface area contributed by atoms with Gasteiger partial charge in [-0.1, -0.05) is 0 Å². The summed E-state index contributed by atoms with van der Waals surface area (Å²) >= 11 is 0. The van der Waals surface area contributed by atoms with Gasteiger partial charge in [-0.25, -0.2) is 0 Å². The molecule has 9 heavy (non-hydrogen) atoms. The van der Waals surface area contributed by atoms with Crippen LogP contribution in [-0.4, -0.2) is 4.98 Å². The fraction of sp³-hybridized carbons (Fsp3) is 0.375. The molecule has 0 saturated carbocycles. The lowest BCUT2D eigenvalue weighted by Gasteiger charge is -1.99. The molecule has 1 aromatic rings. The second-order valence-corrected chi connectivity index (χ2v) is 2.28. The second kappa shape index (κ2) is 2.18. The quantitative estimate of drug-likeness (QED) is 0.508. The number of rotatable bonds is 0. The van der Waals surface area contributed by atoms with Crippen LogP contribution in [0.4, 0.5) is 0 Å². The van der Waals surface area contributed by atoms with Gasteiger partial charge in [-0.3, -0.25) is 4.98 Å². The smallest absolute Gasteiger partial charge is 0.0892 e. The Morgan fingerprint density at radius 3 is 2.44 bits per heavy atom. The first-order valence-electron chi connectivity index (χ1n) is 3.02. The molecular weight excluding hydrogens is 110 g/mol. The molecule has 1 heteroatoms. The summed E-state index contributed by atoms with van der Waals surface area (Å²) < 4.78 is 0. The van der Waals surface area contributed by atoms with E-state index >= 15 is 0 Å². The molecule has 1 aromatic heterocycles. The Labute approximate surface area is 55.7 Å². The lowest BCUT2D eigenvalue weighted by molar-refractivity contribution is 1.11. The van der Waals surface area contributed by atoms with E-state index in [0.717, 1.165) is 5.69 Å². The van der Waals surface area contributed by atoms with Crippen molar-refractivity contribution in [2.75, 3.05) is 0 Å². The Morgan fingerprint density at radius 1 is 1.33 bits per heavy atom. The fourth-order valence-electron chi connectivity index (χ4n) is 0.703. The molecule has 0 N–H and O–H groups in total. The summed E-state index contributed by atoms with van der Waals surface area (Å²) in [5.74, 6) is 0. The van der Waals surface area contributed by atoms with Crippen LogP contribution in [0.2, 0.25) is 0 Å². The van der Waals surface area contributed by atoms with Crippen LogP contribution in [0.15, 0.2) is 6.07 Å². The normalized spacial score (nSPS) is 9.67. The van der Waals surface area contributed by atoms with Crippen LogP contribution in [0.5, 0.6) is 0 Å². The molecule has 1 rings (SSSR count). The molecule has 0 unspecified atom stereocenters. The largest absolute Gasteiger partial charge is 0.251 e. The van der Waals surface area contributed by atoms with Crippen molar-refractivity contribution < 1.29 is 0 Å². The van der Waals surface area contributed by atoms with Crippen molar-refractivity contribution in [1.29, 1.82) is 0 Å². The van der Waals surface area contributed by atoms with Gasteiger partial charge in [0.25, 0.3) is 0 Å². The topological polar surface area (TPSA) is 12.9 Å². The van der Waals surface area contributed by atoms with Gasteiger partial charge in [-0.05, 0) is 38.0 Å². The van der Waals surface area contributed by atoms with Crippen LogP contribution in [0.1, 0.15) is 16.8 Å². The van der Waals surface area contributed by atoms with Gasteiger partial charge >= 0.3 is 0 Å². The Kier molecular flexibility index (Phi) is 1.52. The summed E-state index contributed by atoms with van der Waals surface area (Å²) in [6.07, 6.45) is 2.82. The fourth-order valence-corrected chi connectivity index (χ4v) is 0.703. The molecule has 0 aliphatic carbocycles. The van der Waals surface area contributed by atoms with Gasteiger partial charge in [0, 0.05) is 5.69 Å². The molecule has 0 spiro atoms. The molecule has 0 amide bonds. The molecule has 0 fully saturated rings. The van der Waals surface area contributed by atoms with Gasteiger partial charge in [0.15, 0.2) is 0 Å². The van der Waals surface area contributed by atoms with Gasteiger partial charge in [-0.2, -0.15) is 0 Å². The molecule has 1 radical (unpaired) electrons. The van der Waals surface area contributed by atoms with Crippen molar-refractivity contribution in [2.45, 2.75) is 20.8 Å². The summed E-state index contributed by atoms with van der Waals surface area (Å²) in [4.78, 5) is 4.01. The monoisotopic (exact) mass is 120 g/mol. The van der Waals surface area contributed by atoms with E-state index in [2.05, 4.69) is 25.0 Å². The van der Waals surface area contributed by atoms with Crippen molar-refractivity contribution in [3.05, 3.63) is 29.1 Å². The van der Waals surface area contributed by atoms with E-state index in [1.54, 1.807) is 0 Å². The molecular formula is C8H10N. The third-order valence-electron chi connectivity index (χ3n) is 1.65. The van der Waals surface area contributed by atoms with E-state index in [-0.39, 0.29) is 0 Å². The zero-order valence-corrected chi connectivity index (χ0v) is 6.02. The van der Waals surface area contributed by atoms with Crippen LogP contribution in [0, 0.1) is 27.0 Å². The van der Waals surface area contributed by atoms with Gasteiger partial charge < -0.3 is 0 Å². The Morgan fingerprint density at radius 2 is 2.00 bits per heavy atom. The first-order chi connectivity index (χ1) is 4.22. The van der Waals surface area contributed by atoms with E-state index < -0.39 is 0 Å². The van der Waals surface area contributed by atoms with Gasteiger partial charge in [0.1, 0.15) is 0 Å². The zero-order valence-electron chi connectivity index (χ0n) is 6.02. The summed E-state index contributed by atoms with van der Waals surface area (Å²) in [5.41, 5.74) is 3.62. The van der Waals surface area contributed by atoms with E-state index in [0.29, 0.717) is 0 Å². The first-order valence-corrected chi connectivity index (χ1v) is 3.02. The SMILES string of the molecule is Cc1c[c]nc(C)c1C. The molecule has 47 valence electrons. The van der Waals surface area contributed by atoms with Crippen LogP contribution >= 0.6 is 0 Å². The van der Waals surface area contributed by atoms with E-state index in [4.69, 9.17) is 0 Å². The average molecular weight is 120 g/mol. The lowest BCUT2D eigenvalue weighted by atomic mass is 10.1. The maximum absolute atomic E-state index is 4.01. The van der Waals surface area contributed by atoms with Crippen LogP contribution in [-0.2, 0) is 0 Å². The predicted molar refractivity (Wildman–Crippen MR) is 37.3 cm³/mol. The molecule has 1 heterocycles. The van der Waals surface area contributed by atoms with E-state index in [9.17, 15) is 0 Å². The molecule has 0 atom stereocenters. The maximum Gasteiger partial charge on any atom is 0.0892 e. The maximum atomic E-state index is 4.01. The molecule has 1 nitrogen and oxygen atoms in total. The highest BCUT2D eigenvalue weighted by Crippen LogP contribution is 2.06. The Bertz CT molecular complexity index is 196. The van der Waals surface area contributed by atoms with Gasteiger partial charge in [0.05, 0.1) is 6.20 Å². The molecule has 0 saturated heterocycles. The standard InChI is InChI=1S/C8H10N/c1-6-4-5-9-8(3)7(6)2/h4H,1-3H3. The number of aryl methyl sites for hydroxylation is 2. The Balaban J connectivity index is 3.25. The summed E-state index contributed by atoms with van der Waals surface area (Å²) in [7, 11) is 0. The number of aromatic nitrogens is 1. The lowest BCUT2D eigenvalue weighted by Crippen LogP contribution is -1.88. The third kappa shape index (κ3) is 1.10. The number of pyridine rings is 1. The summed E-state index contributed by atoms with van der Waals surface area (Å²) in [6.45, 7) is 6.14. The third-order valence-corrected chi connectivity index (χ3v) is 1.65. The predicted octanol–water partition coefficient (Wildman–Crippen LogP) is 1.81. The highest BCUT2D eigenvalue weighted by molar-refractivity contribution is 5.25. The van der Waals surface area contributed by atoms with Gasteiger partial charge in [0.2, 0.25) is 0 Å². The molecule has 0 aromatic carbocycles. The highest BCUT2D eigenvalue weighted by Gasteiger charge is 1.93. The number of nitrogens with zero attached hydrogens (tertiary/aromatic N) is 1. The average Bonchev–Trinajstić information content (AvgIpc) is 1.83. The molecule has 0 bridgehead atoms. The number of hydrogen-bond donors (Lipinski definition) is 0. The van der Waals surface area contributed by atoms with Crippen LogP contribution in [0.3, 0.4) is 0 Å². The van der Waals surface area contributed by atoms with Crippen molar-refractivity contribution in [2.24, 2.45) is 0 Å². The molecule has 0 aliphatic rings. The highest BCUT2D eigenvalue weighted by atomic mass is 14.7. The minimum Gasteiger partial charge on any atom is -0.251 e.